The van der Waals surface area contributed by atoms with Crippen LogP contribution >= 0.6 is 0 Å². The van der Waals surface area contributed by atoms with Crippen LogP contribution in [0.3, 0.4) is 0 Å². The van der Waals surface area contributed by atoms with E-state index in [2.05, 4.69) is 10.6 Å². The van der Waals surface area contributed by atoms with Crippen LogP contribution in [-0.4, -0.2) is 29.2 Å². The Labute approximate surface area is 108 Å². The summed E-state index contributed by atoms with van der Waals surface area (Å²) in [5.74, 6) is -0.733. The van der Waals surface area contributed by atoms with Gasteiger partial charge in [-0.15, -0.1) is 0 Å². The molecule has 0 aromatic carbocycles. The Morgan fingerprint density at radius 2 is 1.83 bits per heavy atom. The summed E-state index contributed by atoms with van der Waals surface area (Å²) in [7, 11) is 0. The Morgan fingerprint density at radius 1 is 1.22 bits per heavy atom. The van der Waals surface area contributed by atoms with Crippen molar-refractivity contribution in [3.63, 3.8) is 0 Å². The third-order valence-electron chi connectivity index (χ3n) is 3.25. The van der Waals surface area contributed by atoms with Crippen molar-refractivity contribution in [1.82, 2.24) is 10.6 Å². The minimum absolute atomic E-state index is 0.201. The van der Waals surface area contributed by atoms with E-state index in [1.54, 1.807) is 0 Å². The predicted octanol–water partition coefficient (Wildman–Crippen LogP) is 2.12. The third kappa shape index (κ3) is 5.38. The first-order valence-corrected chi connectivity index (χ1v) is 6.79. The van der Waals surface area contributed by atoms with E-state index in [4.69, 9.17) is 5.11 Å². The van der Waals surface area contributed by atoms with Crippen LogP contribution in [0.4, 0.5) is 4.79 Å². The van der Waals surface area contributed by atoms with E-state index in [1.165, 1.54) is 6.42 Å². The van der Waals surface area contributed by atoms with Gasteiger partial charge in [0.05, 0.1) is 0 Å². The van der Waals surface area contributed by atoms with Crippen LogP contribution in [0.5, 0.6) is 0 Å². The van der Waals surface area contributed by atoms with Crippen LogP contribution in [0, 0.1) is 5.92 Å². The van der Waals surface area contributed by atoms with Gasteiger partial charge < -0.3 is 15.7 Å². The van der Waals surface area contributed by atoms with E-state index >= 15 is 0 Å². The average molecular weight is 256 g/mol. The topological polar surface area (TPSA) is 78.4 Å². The van der Waals surface area contributed by atoms with Gasteiger partial charge in [-0.25, -0.2) is 9.59 Å². The number of carbonyl (C=O) groups is 2. The fourth-order valence-electron chi connectivity index (χ4n) is 2.33. The lowest BCUT2D eigenvalue weighted by atomic mass is 9.96. The molecule has 1 saturated carbocycles. The van der Waals surface area contributed by atoms with Crippen LogP contribution in [0.2, 0.25) is 0 Å². The van der Waals surface area contributed by atoms with Crippen molar-refractivity contribution in [2.45, 2.75) is 64.5 Å². The number of hydrogen-bond acceptors (Lipinski definition) is 2. The standard InChI is InChI=1S/C13H24N2O3/c1-9(2)8-11(12(16)17)15-13(18)14-10-6-4-3-5-7-10/h9-11H,3-8H2,1-2H3,(H,16,17)(H2,14,15,18)/t11-/m1/s1. The highest BCUT2D eigenvalue weighted by Crippen LogP contribution is 2.17. The molecule has 0 radical (unpaired) electrons. The summed E-state index contributed by atoms with van der Waals surface area (Å²) >= 11 is 0. The molecule has 3 N–H and O–H groups in total. The molecule has 2 amide bonds. The molecule has 104 valence electrons. The first kappa shape index (κ1) is 14.8. The molecule has 1 aliphatic carbocycles. The molecule has 0 unspecified atom stereocenters. The zero-order chi connectivity index (χ0) is 13.5. The maximum atomic E-state index is 11.7. The third-order valence-corrected chi connectivity index (χ3v) is 3.25. The summed E-state index contributed by atoms with van der Waals surface area (Å²) in [6.07, 6.45) is 5.95. The molecule has 0 aromatic heterocycles. The molecule has 1 atom stereocenters. The van der Waals surface area contributed by atoms with Gasteiger partial charge in [-0.2, -0.15) is 0 Å². The van der Waals surface area contributed by atoms with Crippen molar-refractivity contribution in [3.05, 3.63) is 0 Å². The van der Waals surface area contributed by atoms with Crippen LogP contribution < -0.4 is 10.6 Å². The van der Waals surface area contributed by atoms with Crippen molar-refractivity contribution in [3.8, 4) is 0 Å². The summed E-state index contributed by atoms with van der Waals surface area (Å²) in [4.78, 5) is 22.7. The van der Waals surface area contributed by atoms with Crippen molar-refractivity contribution < 1.29 is 14.7 Å². The Kier molecular flexibility index (Phi) is 5.95. The highest BCUT2D eigenvalue weighted by Gasteiger charge is 2.22. The Bertz CT molecular complexity index is 286. The largest absolute Gasteiger partial charge is 0.480 e. The van der Waals surface area contributed by atoms with Gasteiger partial charge in [0, 0.05) is 6.04 Å². The van der Waals surface area contributed by atoms with E-state index in [-0.39, 0.29) is 18.0 Å². The number of amides is 2. The predicted molar refractivity (Wildman–Crippen MR) is 69.4 cm³/mol. The van der Waals surface area contributed by atoms with Gasteiger partial charge in [0.15, 0.2) is 0 Å². The first-order valence-electron chi connectivity index (χ1n) is 6.79. The molecule has 0 saturated heterocycles. The summed E-state index contributed by atoms with van der Waals surface area (Å²) in [5.41, 5.74) is 0. The van der Waals surface area contributed by atoms with Crippen molar-refractivity contribution in [2.75, 3.05) is 0 Å². The second-order valence-corrected chi connectivity index (χ2v) is 5.47. The number of carboxylic acids is 1. The maximum absolute atomic E-state index is 11.7. The van der Waals surface area contributed by atoms with Crippen LogP contribution in [0.15, 0.2) is 0 Å². The lowest BCUT2D eigenvalue weighted by Gasteiger charge is -2.24. The highest BCUT2D eigenvalue weighted by atomic mass is 16.4. The fourth-order valence-corrected chi connectivity index (χ4v) is 2.33. The maximum Gasteiger partial charge on any atom is 0.326 e. The van der Waals surface area contributed by atoms with Gasteiger partial charge >= 0.3 is 12.0 Å². The Morgan fingerprint density at radius 3 is 2.33 bits per heavy atom. The van der Waals surface area contributed by atoms with E-state index < -0.39 is 12.0 Å². The molecule has 0 aliphatic heterocycles. The summed E-state index contributed by atoms with van der Waals surface area (Å²) in [6, 6.07) is -0.948. The van der Waals surface area contributed by atoms with Gasteiger partial charge in [-0.05, 0) is 25.2 Å². The van der Waals surface area contributed by atoms with Crippen molar-refractivity contribution >= 4 is 12.0 Å². The Balaban J connectivity index is 2.37. The Hall–Kier alpha value is -1.26. The molecule has 0 heterocycles. The molecule has 0 bridgehead atoms. The molecule has 18 heavy (non-hydrogen) atoms. The SMILES string of the molecule is CC(C)C[C@@H](NC(=O)NC1CCCCC1)C(=O)O. The summed E-state index contributed by atoms with van der Waals surface area (Å²) < 4.78 is 0. The second kappa shape index (κ2) is 7.24. The van der Waals surface area contributed by atoms with Gasteiger partial charge in [0.25, 0.3) is 0 Å². The van der Waals surface area contributed by atoms with E-state index in [1.807, 2.05) is 13.8 Å². The highest BCUT2D eigenvalue weighted by molar-refractivity contribution is 5.82. The average Bonchev–Trinajstić information content (AvgIpc) is 2.28. The smallest absolute Gasteiger partial charge is 0.326 e. The van der Waals surface area contributed by atoms with Crippen LogP contribution in [-0.2, 0) is 4.79 Å². The first-order chi connectivity index (χ1) is 8.49. The zero-order valence-electron chi connectivity index (χ0n) is 11.2. The summed E-state index contributed by atoms with van der Waals surface area (Å²) in [6.45, 7) is 3.88. The zero-order valence-corrected chi connectivity index (χ0v) is 11.2. The van der Waals surface area contributed by atoms with E-state index in [9.17, 15) is 9.59 Å². The minimum atomic E-state index is -0.970. The molecule has 0 spiro atoms. The van der Waals surface area contributed by atoms with E-state index in [0.717, 1.165) is 25.7 Å². The molecule has 1 fully saturated rings. The quantitative estimate of drug-likeness (QED) is 0.705. The monoisotopic (exact) mass is 256 g/mol. The van der Waals surface area contributed by atoms with Crippen molar-refractivity contribution in [2.24, 2.45) is 5.92 Å². The van der Waals surface area contributed by atoms with Gasteiger partial charge in [-0.1, -0.05) is 33.1 Å². The molecule has 5 nitrogen and oxygen atoms in total. The van der Waals surface area contributed by atoms with Gasteiger partial charge in [0.1, 0.15) is 6.04 Å². The molecule has 5 heteroatoms. The molecular weight excluding hydrogens is 232 g/mol. The molecule has 0 aromatic rings. The van der Waals surface area contributed by atoms with Gasteiger partial charge in [-0.3, -0.25) is 0 Å². The number of aliphatic carboxylic acids is 1. The summed E-state index contributed by atoms with van der Waals surface area (Å²) in [5, 5.41) is 14.4. The molecular formula is C13H24N2O3. The lowest BCUT2D eigenvalue weighted by Crippen LogP contribution is -2.49. The number of rotatable bonds is 5. The van der Waals surface area contributed by atoms with Crippen molar-refractivity contribution in [1.29, 1.82) is 0 Å². The molecule has 1 rings (SSSR count). The number of urea groups is 1. The number of nitrogens with one attached hydrogen (secondary N) is 2. The van der Waals surface area contributed by atoms with Crippen LogP contribution in [0.1, 0.15) is 52.4 Å². The second-order valence-electron chi connectivity index (χ2n) is 5.47. The number of hydrogen-bond donors (Lipinski definition) is 3. The lowest BCUT2D eigenvalue weighted by molar-refractivity contribution is -0.139. The van der Waals surface area contributed by atoms with E-state index in [0.29, 0.717) is 6.42 Å². The number of carboxylic acid groups (broad SMARTS) is 1. The van der Waals surface area contributed by atoms with Gasteiger partial charge in [0.2, 0.25) is 0 Å². The normalized spacial score (nSPS) is 18.4. The number of carbonyl (C=O) groups excluding carboxylic acids is 1. The van der Waals surface area contributed by atoms with Crippen LogP contribution in [0.25, 0.3) is 0 Å². The fraction of sp³-hybridized carbons (Fsp3) is 0.846. The minimum Gasteiger partial charge on any atom is -0.480 e. The molecule has 1 aliphatic rings.